The first-order valence-corrected chi connectivity index (χ1v) is 10.2. The number of benzene rings is 1. The molecule has 31 heavy (non-hydrogen) atoms. The van der Waals surface area contributed by atoms with Crippen molar-refractivity contribution in [3.63, 3.8) is 0 Å². The predicted octanol–water partition coefficient (Wildman–Crippen LogP) is 1.85. The highest BCUT2D eigenvalue weighted by Crippen LogP contribution is 2.34. The number of aryl methyl sites for hydroxylation is 1. The van der Waals surface area contributed by atoms with Crippen LogP contribution in [0.3, 0.4) is 0 Å². The summed E-state index contributed by atoms with van der Waals surface area (Å²) in [5.74, 6) is -2.74. The van der Waals surface area contributed by atoms with Crippen molar-refractivity contribution in [2.45, 2.75) is 38.5 Å². The molecule has 10 heteroatoms. The fourth-order valence-electron chi connectivity index (χ4n) is 3.94. The van der Waals surface area contributed by atoms with Crippen molar-refractivity contribution in [1.82, 2.24) is 9.88 Å². The van der Waals surface area contributed by atoms with Crippen LogP contribution < -0.4 is 10.6 Å². The molecule has 0 aliphatic carbocycles. The Labute approximate surface area is 182 Å². The van der Waals surface area contributed by atoms with Gasteiger partial charge in [0.25, 0.3) is 17.6 Å². The fraction of sp³-hybridized carbons (Fsp3) is 0.381. The number of aromatic nitrogens is 1. The number of carbonyl (C=O) groups is 3. The number of hydrogen-bond donors (Lipinski definition) is 3. The minimum atomic E-state index is -0.926. The monoisotopic (exact) mass is 449 g/mol. The zero-order chi connectivity index (χ0) is 22.3. The molecule has 0 bridgehead atoms. The third-order valence-electron chi connectivity index (χ3n) is 5.54. The van der Waals surface area contributed by atoms with Gasteiger partial charge in [0.2, 0.25) is 0 Å². The van der Waals surface area contributed by atoms with Gasteiger partial charge in [-0.05, 0) is 43.5 Å². The lowest BCUT2D eigenvalue weighted by Crippen LogP contribution is -2.45. The smallest absolute Gasteiger partial charge is 0.294 e. The Morgan fingerprint density at radius 1 is 1.29 bits per heavy atom. The van der Waals surface area contributed by atoms with Crippen molar-refractivity contribution in [2.75, 3.05) is 18.5 Å². The SMILES string of the molecule is Cc1cc(NC(=O)c2c(Cl)c(C(=O)C(=O)N[C@H]3COC[C@@H]3O)n3c2CCC3)ccc1F. The van der Waals surface area contributed by atoms with Crippen LogP contribution in [-0.4, -0.2) is 52.6 Å². The average Bonchev–Trinajstić information content (AvgIpc) is 3.40. The molecule has 1 aromatic carbocycles. The third-order valence-corrected chi connectivity index (χ3v) is 5.91. The molecule has 2 atom stereocenters. The van der Waals surface area contributed by atoms with Crippen molar-refractivity contribution < 1.29 is 28.6 Å². The number of amides is 2. The lowest BCUT2D eigenvalue weighted by Gasteiger charge is -2.14. The molecule has 1 aromatic heterocycles. The highest BCUT2D eigenvalue weighted by Gasteiger charge is 2.36. The van der Waals surface area contributed by atoms with Crippen LogP contribution in [0.5, 0.6) is 0 Å². The fourth-order valence-corrected chi connectivity index (χ4v) is 4.32. The highest BCUT2D eigenvalue weighted by molar-refractivity contribution is 6.48. The molecule has 2 aliphatic heterocycles. The molecular formula is C21H21ClFN3O5. The van der Waals surface area contributed by atoms with E-state index in [0.717, 1.165) is 0 Å². The van der Waals surface area contributed by atoms with Gasteiger partial charge in [0.15, 0.2) is 0 Å². The summed E-state index contributed by atoms with van der Waals surface area (Å²) >= 11 is 6.43. The Hall–Kier alpha value is -2.75. The summed E-state index contributed by atoms with van der Waals surface area (Å²) in [6, 6.07) is 3.48. The third kappa shape index (κ3) is 3.96. The number of ether oxygens (including phenoxy) is 1. The minimum Gasteiger partial charge on any atom is -0.388 e. The van der Waals surface area contributed by atoms with Gasteiger partial charge in [-0.1, -0.05) is 11.6 Å². The van der Waals surface area contributed by atoms with E-state index in [1.165, 1.54) is 18.2 Å². The summed E-state index contributed by atoms with van der Waals surface area (Å²) in [5, 5.41) is 14.8. The van der Waals surface area contributed by atoms with Crippen LogP contribution in [0.15, 0.2) is 18.2 Å². The molecule has 3 N–H and O–H groups in total. The van der Waals surface area contributed by atoms with Gasteiger partial charge in [-0.3, -0.25) is 14.4 Å². The molecule has 2 amide bonds. The summed E-state index contributed by atoms with van der Waals surface area (Å²) in [7, 11) is 0. The number of hydrogen-bond acceptors (Lipinski definition) is 5. The van der Waals surface area contributed by atoms with E-state index < -0.39 is 35.6 Å². The standard InChI is InChI=1S/C21H21ClFN3O5/c1-10-7-11(4-5-12(10)23)24-20(29)16-14-3-2-6-26(14)18(17(16)22)19(28)21(30)25-13-8-31-9-15(13)27/h4-5,7,13,15,27H,2-3,6,8-9H2,1H3,(H,24,29)(H,25,30)/t13-,15-/m0/s1. The van der Waals surface area contributed by atoms with Crippen LogP contribution in [0.1, 0.15) is 38.5 Å². The maximum atomic E-state index is 13.5. The number of carbonyl (C=O) groups excluding carboxylic acids is 3. The number of nitrogens with one attached hydrogen (secondary N) is 2. The van der Waals surface area contributed by atoms with Gasteiger partial charge >= 0.3 is 0 Å². The maximum Gasteiger partial charge on any atom is 0.294 e. The van der Waals surface area contributed by atoms with E-state index in [1.54, 1.807) is 11.5 Å². The topological polar surface area (TPSA) is 110 Å². The number of fused-ring (bicyclic) bond motifs is 1. The van der Waals surface area contributed by atoms with Crippen LogP contribution in [0.2, 0.25) is 5.02 Å². The molecule has 164 valence electrons. The van der Waals surface area contributed by atoms with E-state index in [2.05, 4.69) is 10.6 Å². The molecule has 2 aromatic rings. The molecule has 0 saturated carbocycles. The van der Waals surface area contributed by atoms with Gasteiger partial charge < -0.3 is 25.0 Å². The normalized spacial score (nSPS) is 19.9. The molecule has 4 rings (SSSR count). The maximum absolute atomic E-state index is 13.5. The molecule has 3 heterocycles. The van der Waals surface area contributed by atoms with Gasteiger partial charge in [-0.25, -0.2) is 4.39 Å². The average molecular weight is 450 g/mol. The number of anilines is 1. The first-order valence-electron chi connectivity index (χ1n) is 9.87. The number of Topliss-reactive ketones (excluding diaryl/α,β-unsaturated/α-hetero) is 1. The molecule has 0 spiro atoms. The second-order valence-electron chi connectivity index (χ2n) is 7.67. The van der Waals surface area contributed by atoms with E-state index in [4.69, 9.17) is 16.3 Å². The van der Waals surface area contributed by atoms with E-state index in [9.17, 15) is 23.9 Å². The quantitative estimate of drug-likeness (QED) is 0.476. The van der Waals surface area contributed by atoms with E-state index in [0.29, 0.717) is 36.3 Å². The van der Waals surface area contributed by atoms with Crippen LogP contribution >= 0.6 is 11.6 Å². The minimum absolute atomic E-state index is 0.0551. The van der Waals surface area contributed by atoms with Crippen LogP contribution in [0.25, 0.3) is 0 Å². The van der Waals surface area contributed by atoms with Gasteiger partial charge in [0.05, 0.1) is 35.9 Å². The Morgan fingerprint density at radius 2 is 2.06 bits per heavy atom. The Kier molecular flexibility index (Phi) is 5.83. The number of halogens is 2. The van der Waals surface area contributed by atoms with Gasteiger partial charge in [0, 0.05) is 17.9 Å². The molecular weight excluding hydrogens is 429 g/mol. The second-order valence-corrected chi connectivity index (χ2v) is 8.05. The summed E-state index contributed by atoms with van der Waals surface area (Å²) in [6.45, 7) is 2.20. The Bertz CT molecular complexity index is 1080. The molecule has 0 radical (unpaired) electrons. The number of aliphatic hydroxyl groups excluding tert-OH is 1. The molecule has 2 aliphatic rings. The molecule has 1 saturated heterocycles. The number of ketones is 1. The summed E-state index contributed by atoms with van der Waals surface area (Å²) in [5.41, 5.74) is 1.40. The van der Waals surface area contributed by atoms with Crippen molar-refractivity contribution in [2.24, 2.45) is 0 Å². The van der Waals surface area contributed by atoms with E-state index >= 15 is 0 Å². The first-order chi connectivity index (χ1) is 14.8. The van der Waals surface area contributed by atoms with Crippen molar-refractivity contribution >= 4 is 34.9 Å². The molecule has 8 nitrogen and oxygen atoms in total. The Morgan fingerprint density at radius 3 is 2.74 bits per heavy atom. The lowest BCUT2D eigenvalue weighted by molar-refractivity contribution is -0.118. The van der Waals surface area contributed by atoms with Gasteiger partial charge in [-0.15, -0.1) is 0 Å². The van der Waals surface area contributed by atoms with E-state index in [1.807, 2.05) is 0 Å². The molecule has 1 fully saturated rings. The van der Waals surface area contributed by atoms with Crippen molar-refractivity contribution in [3.05, 3.63) is 51.6 Å². The number of aliphatic hydroxyl groups is 1. The molecule has 0 unspecified atom stereocenters. The predicted molar refractivity (Wildman–Crippen MR) is 110 cm³/mol. The van der Waals surface area contributed by atoms with Gasteiger partial charge in [-0.2, -0.15) is 0 Å². The second kappa shape index (κ2) is 8.41. The van der Waals surface area contributed by atoms with Crippen LogP contribution in [0.4, 0.5) is 10.1 Å². The van der Waals surface area contributed by atoms with Crippen LogP contribution in [0, 0.1) is 12.7 Å². The Balaban J connectivity index is 1.61. The highest BCUT2D eigenvalue weighted by atomic mass is 35.5. The number of nitrogens with zero attached hydrogens (tertiary/aromatic N) is 1. The summed E-state index contributed by atoms with van der Waals surface area (Å²) in [4.78, 5) is 38.3. The first kappa shape index (κ1) is 21.5. The van der Waals surface area contributed by atoms with Crippen molar-refractivity contribution in [3.8, 4) is 0 Å². The van der Waals surface area contributed by atoms with E-state index in [-0.39, 0.29) is 29.5 Å². The summed E-state index contributed by atoms with van der Waals surface area (Å²) in [6.07, 6.45) is 0.319. The zero-order valence-electron chi connectivity index (χ0n) is 16.7. The lowest BCUT2D eigenvalue weighted by atomic mass is 10.1. The summed E-state index contributed by atoms with van der Waals surface area (Å²) < 4.78 is 20.2. The van der Waals surface area contributed by atoms with Crippen LogP contribution in [-0.2, 0) is 22.5 Å². The number of rotatable bonds is 5. The zero-order valence-corrected chi connectivity index (χ0v) is 17.5. The largest absolute Gasteiger partial charge is 0.388 e. The van der Waals surface area contributed by atoms with Gasteiger partial charge in [0.1, 0.15) is 11.5 Å². The van der Waals surface area contributed by atoms with Crippen molar-refractivity contribution in [1.29, 1.82) is 0 Å².